The SMILES string of the molecule is C[C@H](Sc1nnc(-c2ccccc2F)n1C1CC1)c1nnc(-c2cccs2)o1. The van der Waals surface area contributed by atoms with Gasteiger partial charge in [-0.05, 0) is 43.3 Å². The summed E-state index contributed by atoms with van der Waals surface area (Å²) in [7, 11) is 0. The molecule has 5 rings (SSSR count). The largest absolute Gasteiger partial charge is 0.419 e. The monoisotopic (exact) mass is 413 g/mol. The zero-order valence-corrected chi connectivity index (χ0v) is 16.6. The summed E-state index contributed by atoms with van der Waals surface area (Å²) in [6, 6.07) is 10.9. The van der Waals surface area contributed by atoms with E-state index in [2.05, 4.69) is 20.4 Å². The second kappa shape index (κ2) is 7.14. The average molecular weight is 414 g/mol. The average Bonchev–Trinajstić information content (AvgIpc) is 3.12. The maximum Gasteiger partial charge on any atom is 0.257 e. The highest BCUT2D eigenvalue weighted by Gasteiger charge is 2.32. The second-order valence-electron chi connectivity index (χ2n) is 6.57. The Bertz CT molecular complexity index is 1100. The summed E-state index contributed by atoms with van der Waals surface area (Å²) in [4.78, 5) is 0.943. The molecule has 3 heterocycles. The summed E-state index contributed by atoms with van der Waals surface area (Å²) in [6.45, 7) is 1.99. The quantitative estimate of drug-likeness (QED) is 0.395. The fourth-order valence-electron chi connectivity index (χ4n) is 2.95. The van der Waals surface area contributed by atoms with Crippen molar-refractivity contribution in [2.75, 3.05) is 0 Å². The van der Waals surface area contributed by atoms with Crippen LogP contribution >= 0.6 is 23.1 Å². The summed E-state index contributed by atoms with van der Waals surface area (Å²) >= 11 is 3.05. The number of thioether (sulfide) groups is 1. The molecule has 4 aromatic rings. The van der Waals surface area contributed by atoms with E-state index in [-0.39, 0.29) is 11.1 Å². The van der Waals surface area contributed by atoms with Crippen LogP contribution in [-0.4, -0.2) is 25.0 Å². The summed E-state index contributed by atoms with van der Waals surface area (Å²) in [5, 5.41) is 19.6. The Labute approximate surface area is 168 Å². The number of rotatable bonds is 6. The third kappa shape index (κ3) is 3.24. The highest BCUT2D eigenvalue weighted by Crippen LogP contribution is 2.44. The van der Waals surface area contributed by atoms with Crippen molar-refractivity contribution in [2.24, 2.45) is 0 Å². The summed E-state index contributed by atoms with van der Waals surface area (Å²) < 4.78 is 22.2. The highest BCUT2D eigenvalue weighted by atomic mass is 32.2. The number of halogens is 1. The number of hydrogen-bond acceptors (Lipinski definition) is 7. The van der Waals surface area contributed by atoms with Gasteiger partial charge in [0.25, 0.3) is 5.89 Å². The molecule has 0 bridgehead atoms. The first-order valence-corrected chi connectivity index (χ1v) is 10.7. The first-order chi connectivity index (χ1) is 13.7. The Balaban J connectivity index is 1.43. The van der Waals surface area contributed by atoms with Gasteiger partial charge in [-0.15, -0.1) is 31.7 Å². The van der Waals surface area contributed by atoms with Crippen LogP contribution in [0.4, 0.5) is 4.39 Å². The van der Waals surface area contributed by atoms with Gasteiger partial charge in [0.15, 0.2) is 11.0 Å². The molecule has 0 amide bonds. The van der Waals surface area contributed by atoms with Crippen LogP contribution in [0.3, 0.4) is 0 Å². The van der Waals surface area contributed by atoms with Gasteiger partial charge in [-0.1, -0.05) is 30.0 Å². The maximum absolute atomic E-state index is 14.3. The van der Waals surface area contributed by atoms with Gasteiger partial charge in [-0.25, -0.2) is 4.39 Å². The van der Waals surface area contributed by atoms with E-state index in [4.69, 9.17) is 4.42 Å². The molecule has 1 atom stereocenters. The summed E-state index contributed by atoms with van der Waals surface area (Å²) in [6.07, 6.45) is 2.09. The van der Waals surface area contributed by atoms with E-state index < -0.39 is 0 Å². The van der Waals surface area contributed by atoms with Crippen LogP contribution in [0.15, 0.2) is 51.4 Å². The topological polar surface area (TPSA) is 69.6 Å². The molecular formula is C19H16FN5OS2. The number of nitrogens with zero attached hydrogens (tertiary/aromatic N) is 5. The van der Waals surface area contributed by atoms with Crippen molar-refractivity contribution in [1.82, 2.24) is 25.0 Å². The van der Waals surface area contributed by atoms with Gasteiger partial charge in [0, 0.05) is 6.04 Å². The molecule has 6 nitrogen and oxygen atoms in total. The van der Waals surface area contributed by atoms with E-state index in [9.17, 15) is 4.39 Å². The summed E-state index contributed by atoms with van der Waals surface area (Å²) in [5.74, 6) is 1.33. The molecule has 1 aliphatic rings. The molecule has 0 N–H and O–H groups in total. The van der Waals surface area contributed by atoms with Crippen molar-refractivity contribution in [3.63, 3.8) is 0 Å². The van der Waals surface area contributed by atoms with Gasteiger partial charge in [-0.3, -0.25) is 4.57 Å². The van der Waals surface area contributed by atoms with Crippen LogP contribution < -0.4 is 0 Å². The van der Waals surface area contributed by atoms with Crippen LogP contribution in [0.25, 0.3) is 22.2 Å². The molecule has 1 saturated carbocycles. The molecule has 3 aromatic heterocycles. The molecule has 1 aromatic carbocycles. The van der Waals surface area contributed by atoms with Crippen molar-refractivity contribution in [1.29, 1.82) is 0 Å². The molecule has 0 radical (unpaired) electrons. The Morgan fingerprint density at radius 2 is 2.00 bits per heavy atom. The molecule has 0 unspecified atom stereocenters. The first-order valence-electron chi connectivity index (χ1n) is 8.94. The Kier molecular flexibility index (Phi) is 4.48. The highest BCUT2D eigenvalue weighted by molar-refractivity contribution is 7.99. The lowest BCUT2D eigenvalue weighted by molar-refractivity contribution is 0.509. The van der Waals surface area contributed by atoms with E-state index in [1.165, 1.54) is 17.8 Å². The van der Waals surface area contributed by atoms with Crippen molar-refractivity contribution in [3.8, 4) is 22.2 Å². The van der Waals surface area contributed by atoms with Gasteiger partial charge in [-0.2, -0.15) is 0 Å². The molecular weight excluding hydrogens is 397 g/mol. The Morgan fingerprint density at radius 1 is 1.14 bits per heavy atom. The van der Waals surface area contributed by atoms with E-state index in [1.807, 2.05) is 35.1 Å². The molecule has 9 heteroatoms. The minimum absolute atomic E-state index is 0.101. The van der Waals surface area contributed by atoms with E-state index >= 15 is 0 Å². The van der Waals surface area contributed by atoms with Crippen LogP contribution in [0.5, 0.6) is 0 Å². The van der Waals surface area contributed by atoms with Crippen molar-refractivity contribution in [3.05, 3.63) is 53.5 Å². The van der Waals surface area contributed by atoms with E-state index in [0.29, 0.717) is 29.2 Å². The van der Waals surface area contributed by atoms with E-state index in [1.54, 1.807) is 23.5 Å². The molecule has 0 saturated heterocycles. The lowest BCUT2D eigenvalue weighted by atomic mass is 10.2. The van der Waals surface area contributed by atoms with Gasteiger partial charge in [0.2, 0.25) is 5.89 Å². The molecule has 0 spiro atoms. The maximum atomic E-state index is 14.3. The second-order valence-corrected chi connectivity index (χ2v) is 8.83. The van der Waals surface area contributed by atoms with Gasteiger partial charge in [0.05, 0.1) is 15.7 Å². The lowest BCUT2D eigenvalue weighted by Crippen LogP contribution is -2.02. The zero-order chi connectivity index (χ0) is 19.1. The predicted octanol–water partition coefficient (Wildman–Crippen LogP) is 5.38. The van der Waals surface area contributed by atoms with Crippen LogP contribution in [0.2, 0.25) is 0 Å². The fraction of sp³-hybridized carbons (Fsp3) is 0.263. The molecule has 1 aliphatic carbocycles. The van der Waals surface area contributed by atoms with E-state index in [0.717, 1.165) is 22.9 Å². The fourth-order valence-corrected chi connectivity index (χ4v) is 4.55. The number of hydrogen-bond donors (Lipinski definition) is 0. The predicted molar refractivity (Wildman–Crippen MR) is 106 cm³/mol. The number of thiophene rings is 1. The summed E-state index contributed by atoms with van der Waals surface area (Å²) in [5.41, 5.74) is 0.471. The third-order valence-corrected chi connectivity index (χ3v) is 6.40. The number of benzene rings is 1. The van der Waals surface area contributed by atoms with Gasteiger partial charge in [0.1, 0.15) is 5.82 Å². The normalized spacial score (nSPS) is 15.1. The van der Waals surface area contributed by atoms with Crippen molar-refractivity contribution >= 4 is 23.1 Å². The molecule has 28 heavy (non-hydrogen) atoms. The van der Waals surface area contributed by atoms with Gasteiger partial charge >= 0.3 is 0 Å². The van der Waals surface area contributed by atoms with Gasteiger partial charge < -0.3 is 4.42 Å². The van der Waals surface area contributed by atoms with Crippen LogP contribution in [-0.2, 0) is 0 Å². The number of aromatic nitrogens is 5. The Morgan fingerprint density at radius 3 is 2.75 bits per heavy atom. The third-order valence-electron chi connectivity index (χ3n) is 4.49. The van der Waals surface area contributed by atoms with Crippen molar-refractivity contribution < 1.29 is 8.81 Å². The van der Waals surface area contributed by atoms with Crippen LogP contribution in [0.1, 0.15) is 36.9 Å². The van der Waals surface area contributed by atoms with Crippen LogP contribution in [0, 0.1) is 5.82 Å². The zero-order valence-electron chi connectivity index (χ0n) is 14.9. The molecule has 0 aliphatic heterocycles. The smallest absolute Gasteiger partial charge is 0.257 e. The minimum Gasteiger partial charge on any atom is -0.419 e. The Hall–Kier alpha value is -2.52. The van der Waals surface area contributed by atoms with Crippen molar-refractivity contribution in [2.45, 2.75) is 36.2 Å². The standard InChI is InChI=1S/C19H16FN5OS2/c1-11(17-22-23-18(26-17)15-7-4-10-27-15)28-19-24-21-16(25(19)12-8-9-12)13-5-2-3-6-14(13)20/h2-7,10-12H,8-9H2,1H3/t11-/m0/s1. The lowest BCUT2D eigenvalue weighted by Gasteiger charge is -2.11. The molecule has 1 fully saturated rings. The first kappa shape index (κ1) is 17.6. The minimum atomic E-state index is -0.293. The molecule has 142 valence electrons.